The predicted molar refractivity (Wildman–Crippen MR) is 75.1 cm³/mol. The van der Waals surface area contributed by atoms with E-state index in [-0.39, 0.29) is 18.2 Å². The fourth-order valence-corrected chi connectivity index (χ4v) is 2.34. The molecule has 0 radical (unpaired) electrons. The molecule has 4 heteroatoms. The molecular weight excluding hydrogens is 240 g/mol. The largest absolute Gasteiger partial charge is 0.374 e. The first-order valence-electron chi connectivity index (χ1n) is 6.71. The highest BCUT2D eigenvalue weighted by Crippen LogP contribution is 2.16. The number of carbonyl (C=O) groups is 1. The van der Waals surface area contributed by atoms with Crippen LogP contribution in [0.15, 0.2) is 30.3 Å². The lowest BCUT2D eigenvalue weighted by molar-refractivity contribution is -0.0438. The number of hydrogen-bond donors (Lipinski definition) is 0. The summed E-state index contributed by atoms with van der Waals surface area (Å²) in [5, 5.41) is 0. The van der Waals surface area contributed by atoms with Crippen LogP contribution in [0.5, 0.6) is 0 Å². The van der Waals surface area contributed by atoms with Crippen LogP contribution in [-0.4, -0.2) is 55.2 Å². The molecule has 4 nitrogen and oxygen atoms in total. The Morgan fingerprint density at radius 2 is 2.05 bits per heavy atom. The van der Waals surface area contributed by atoms with Crippen molar-refractivity contribution in [2.24, 2.45) is 0 Å². The maximum absolute atomic E-state index is 12.1. The summed E-state index contributed by atoms with van der Waals surface area (Å²) in [5.41, 5.74) is 1.25. The van der Waals surface area contributed by atoms with Gasteiger partial charge in [0.05, 0.1) is 18.8 Å². The average Bonchev–Trinajstić information content (AvgIpc) is 2.41. The molecule has 0 aliphatic carbocycles. The van der Waals surface area contributed by atoms with Gasteiger partial charge < -0.3 is 14.5 Å². The maximum atomic E-state index is 12.1. The van der Waals surface area contributed by atoms with E-state index in [9.17, 15) is 4.79 Å². The number of morpholine rings is 1. The summed E-state index contributed by atoms with van der Waals surface area (Å²) in [6.45, 7) is 3.30. The maximum Gasteiger partial charge on any atom is 0.319 e. The number of hydrogen-bond acceptors (Lipinski definition) is 2. The molecule has 0 N–H and O–H groups in total. The van der Waals surface area contributed by atoms with Crippen molar-refractivity contribution in [1.29, 1.82) is 0 Å². The highest BCUT2D eigenvalue weighted by Gasteiger charge is 2.30. The first-order valence-corrected chi connectivity index (χ1v) is 6.71. The Labute approximate surface area is 115 Å². The number of urea groups is 1. The van der Waals surface area contributed by atoms with Gasteiger partial charge in [0.25, 0.3) is 0 Å². The van der Waals surface area contributed by atoms with E-state index < -0.39 is 0 Å². The molecule has 1 fully saturated rings. The zero-order valence-electron chi connectivity index (χ0n) is 11.9. The van der Waals surface area contributed by atoms with Crippen LogP contribution in [0.25, 0.3) is 0 Å². The van der Waals surface area contributed by atoms with Crippen LogP contribution in [0.4, 0.5) is 4.79 Å². The first-order chi connectivity index (χ1) is 9.08. The number of benzene rings is 1. The first kappa shape index (κ1) is 13.9. The number of carbonyl (C=O) groups excluding carboxylic acids is 1. The van der Waals surface area contributed by atoms with Crippen LogP contribution < -0.4 is 0 Å². The summed E-state index contributed by atoms with van der Waals surface area (Å²) >= 11 is 0. The zero-order chi connectivity index (χ0) is 13.8. The smallest absolute Gasteiger partial charge is 0.319 e. The fourth-order valence-electron chi connectivity index (χ4n) is 2.34. The van der Waals surface area contributed by atoms with Crippen molar-refractivity contribution in [3.8, 4) is 0 Å². The lowest BCUT2D eigenvalue weighted by Gasteiger charge is -2.39. The van der Waals surface area contributed by atoms with Gasteiger partial charge in [0, 0.05) is 27.1 Å². The van der Waals surface area contributed by atoms with E-state index in [0.717, 1.165) is 6.42 Å². The van der Waals surface area contributed by atoms with Crippen LogP contribution in [0.2, 0.25) is 0 Å². The van der Waals surface area contributed by atoms with Gasteiger partial charge in [-0.3, -0.25) is 0 Å². The third-order valence-corrected chi connectivity index (χ3v) is 3.44. The molecule has 1 aromatic rings. The van der Waals surface area contributed by atoms with Crippen molar-refractivity contribution < 1.29 is 9.53 Å². The van der Waals surface area contributed by atoms with Gasteiger partial charge in [-0.25, -0.2) is 4.79 Å². The minimum atomic E-state index is 0.0638. The van der Waals surface area contributed by atoms with E-state index in [1.165, 1.54) is 5.56 Å². The average molecular weight is 262 g/mol. The molecule has 1 aromatic carbocycles. The summed E-state index contributed by atoms with van der Waals surface area (Å²) in [6.07, 6.45) is 0.938. The normalized spacial score (nSPS) is 23.2. The molecular formula is C15H22N2O2. The third-order valence-electron chi connectivity index (χ3n) is 3.44. The highest BCUT2D eigenvalue weighted by atomic mass is 16.5. The minimum absolute atomic E-state index is 0.0638. The Kier molecular flexibility index (Phi) is 4.43. The van der Waals surface area contributed by atoms with E-state index >= 15 is 0 Å². The SMILES string of the molecule is CC1COC(Cc2ccccc2)CN1C(=O)N(C)C. The van der Waals surface area contributed by atoms with Crippen molar-refractivity contribution in [3.05, 3.63) is 35.9 Å². The minimum Gasteiger partial charge on any atom is -0.374 e. The molecule has 19 heavy (non-hydrogen) atoms. The topological polar surface area (TPSA) is 32.8 Å². The monoisotopic (exact) mass is 262 g/mol. The Morgan fingerprint density at radius 3 is 2.68 bits per heavy atom. The van der Waals surface area contributed by atoms with Crippen molar-refractivity contribution in [2.75, 3.05) is 27.2 Å². The number of amides is 2. The molecule has 1 aliphatic rings. The molecule has 104 valence electrons. The second kappa shape index (κ2) is 6.06. The molecule has 0 bridgehead atoms. The molecule has 1 aliphatic heterocycles. The fraction of sp³-hybridized carbons (Fsp3) is 0.533. The molecule has 2 unspecified atom stereocenters. The molecule has 0 aromatic heterocycles. The quantitative estimate of drug-likeness (QED) is 0.816. The molecule has 2 amide bonds. The lowest BCUT2D eigenvalue weighted by atomic mass is 10.1. The number of ether oxygens (including phenoxy) is 1. The summed E-state index contributed by atoms with van der Waals surface area (Å²) in [4.78, 5) is 15.6. The third kappa shape index (κ3) is 3.47. The molecule has 0 saturated carbocycles. The van der Waals surface area contributed by atoms with E-state index in [2.05, 4.69) is 12.1 Å². The van der Waals surface area contributed by atoms with Gasteiger partial charge in [0.15, 0.2) is 0 Å². The van der Waals surface area contributed by atoms with Crippen LogP contribution in [0, 0.1) is 0 Å². The van der Waals surface area contributed by atoms with Gasteiger partial charge in [0.1, 0.15) is 0 Å². The van der Waals surface area contributed by atoms with Gasteiger partial charge >= 0.3 is 6.03 Å². The van der Waals surface area contributed by atoms with Crippen LogP contribution >= 0.6 is 0 Å². The summed E-state index contributed by atoms with van der Waals surface area (Å²) < 4.78 is 5.84. The van der Waals surface area contributed by atoms with Gasteiger partial charge in [0.2, 0.25) is 0 Å². The summed E-state index contributed by atoms with van der Waals surface area (Å²) in [5.74, 6) is 0. The van der Waals surface area contributed by atoms with Crippen molar-refractivity contribution in [1.82, 2.24) is 9.80 Å². The van der Waals surface area contributed by atoms with Gasteiger partial charge in [-0.1, -0.05) is 30.3 Å². The number of rotatable bonds is 2. The molecule has 1 heterocycles. The molecule has 2 atom stereocenters. The Balaban J connectivity index is 1.99. The second-order valence-electron chi connectivity index (χ2n) is 5.32. The van der Waals surface area contributed by atoms with Crippen LogP contribution in [0.3, 0.4) is 0 Å². The standard InChI is InChI=1S/C15H22N2O2/c1-12-11-19-14(9-13-7-5-4-6-8-13)10-17(12)15(18)16(2)3/h4-8,12,14H,9-11H2,1-3H3. The predicted octanol–water partition coefficient (Wildman–Crippen LogP) is 2.00. The number of nitrogens with zero attached hydrogens (tertiary/aromatic N) is 2. The Bertz CT molecular complexity index is 419. The molecule has 1 saturated heterocycles. The Hall–Kier alpha value is -1.55. The second-order valence-corrected chi connectivity index (χ2v) is 5.32. The van der Waals surface area contributed by atoms with Gasteiger partial charge in [-0.15, -0.1) is 0 Å². The Morgan fingerprint density at radius 1 is 1.37 bits per heavy atom. The van der Waals surface area contributed by atoms with E-state index in [1.807, 2.05) is 30.0 Å². The van der Waals surface area contributed by atoms with Crippen molar-refractivity contribution in [2.45, 2.75) is 25.5 Å². The van der Waals surface area contributed by atoms with E-state index in [0.29, 0.717) is 13.2 Å². The summed E-state index contributed by atoms with van der Waals surface area (Å²) in [7, 11) is 3.58. The van der Waals surface area contributed by atoms with E-state index in [1.54, 1.807) is 19.0 Å². The highest BCUT2D eigenvalue weighted by molar-refractivity contribution is 5.74. The van der Waals surface area contributed by atoms with E-state index in [4.69, 9.17) is 4.74 Å². The van der Waals surface area contributed by atoms with Crippen molar-refractivity contribution in [3.63, 3.8) is 0 Å². The van der Waals surface area contributed by atoms with Gasteiger partial charge in [-0.2, -0.15) is 0 Å². The van der Waals surface area contributed by atoms with Crippen LogP contribution in [0.1, 0.15) is 12.5 Å². The lowest BCUT2D eigenvalue weighted by Crippen LogP contribution is -2.54. The van der Waals surface area contributed by atoms with Crippen LogP contribution in [-0.2, 0) is 11.2 Å². The summed E-state index contributed by atoms with van der Waals surface area (Å²) in [6, 6.07) is 10.5. The van der Waals surface area contributed by atoms with Gasteiger partial charge in [-0.05, 0) is 12.5 Å². The van der Waals surface area contributed by atoms with Crippen molar-refractivity contribution >= 4 is 6.03 Å². The molecule has 2 rings (SSSR count). The molecule has 0 spiro atoms. The zero-order valence-corrected chi connectivity index (χ0v) is 11.9.